The molecule has 0 aromatic carbocycles. The third-order valence-corrected chi connectivity index (χ3v) is 3.68. The van der Waals surface area contributed by atoms with Crippen molar-refractivity contribution in [1.29, 1.82) is 0 Å². The first-order valence-electron chi connectivity index (χ1n) is 7.08. The fourth-order valence-corrected chi connectivity index (χ4v) is 2.57. The number of aromatic nitrogens is 3. The quantitative estimate of drug-likeness (QED) is 0.639. The molecule has 0 unspecified atom stereocenters. The fraction of sp³-hybridized carbons (Fsp3) is 0.500. The molecule has 0 bridgehead atoms. The van der Waals surface area contributed by atoms with Gasteiger partial charge in [0.1, 0.15) is 17.0 Å². The van der Waals surface area contributed by atoms with Gasteiger partial charge in [-0.15, -0.1) is 0 Å². The van der Waals surface area contributed by atoms with Gasteiger partial charge in [0.2, 0.25) is 0 Å². The summed E-state index contributed by atoms with van der Waals surface area (Å²) >= 11 is 3.40. The van der Waals surface area contributed by atoms with Gasteiger partial charge in [-0.25, -0.2) is 14.8 Å². The Morgan fingerprint density at radius 2 is 2.38 bits per heavy atom. The summed E-state index contributed by atoms with van der Waals surface area (Å²) in [6, 6.07) is 2.27. The van der Waals surface area contributed by atoms with E-state index in [1.54, 1.807) is 19.2 Å². The van der Waals surface area contributed by atoms with E-state index in [1.165, 1.54) is 12.8 Å². The molecule has 0 amide bonds. The lowest BCUT2D eigenvalue weighted by molar-refractivity contribution is 0.0514. The molecular formula is C14H17BrN4O2. The molecule has 0 aliphatic heterocycles. The Kier molecular flexibility index (Phi) is 4.10. The Bertz CT molecular complexity index is 666. The molecule has 7 heteroatoms. The Labute approximate surface area is 131 Å². The number of aryl methyl sites for hydroxylation is 1. The van der Waals surface area contributed by atoms with Gasteiger partial charge in [0, 0.05) is 17.9 Å². The molecule has 1 fully saturated rings. The number of nitrogens with one attached hydrogen (secondary N) is 1. The predicted octanol–water partition coefficient (Wildman–Crippen LogP) is 2.58. The van der Waals surface area contributed by atoms with E-state index in [9.17, 15) is 4.79 Å². The number of carbonyl (C=O) groups is 1. The van der Waals surface area contributed by atoms with Crippen LogP contribution in [0, 0.1) is 0 Å². The number of carbonyl (C=O) groups excluding carboxylic acids is 1. The summed E-state index contributed by atoms with van der Waals surface area (Å²) in [5, 5.41) is 4.04. The Morgan fingerprint density at radius 1 is 1.57 bits per heavy atom. The zero-order valence-electron chi connectivity index (χ0n) is 11.8. The van der Waals surface area contributed by atoms with Crippen LogP contribution in [0.15, 0.2) is 12.3 Å². The monoisotopic (exact) mass is 352 g/mol. The van der Waals surface area contributed by atoms with Gasteiger partial charge < -0.3 is 14.6 Å². The number of hydrogen-bond acceptors (Lipinski definition) is 5. The van der Waals surface area contributed by atoms with E-state index in [-0.39, 0.29) is 5.97 Å². The molecule has 0 spiro atoms. The number of ether oxygens (including phenoxy) is 1. The van der Waals surface area contributed by atoms with Crippen LogP contribution in [0.4, 0.5) is 5.82 Å². The molecular weight excluding hydrogens is 336 g/mol. The topological polar surface area (TPSA) is 69.0 Å². The van der Waals surface area contributed by atoms with Crippen molar-refractivity contribution in [3.8, 4) is 0 Å². The molecule has 1 saturated carbocycles. The number of alkyl halides is 1. The first-order valence-corrected chi connectivity index (χ1v) is 8.21. The average Bonchev–Trinajstić information content (AvgIpc) is 3.20. The molecule has 0 radical (unpaired) electrons. The molecule has 21 heavy (non-hydrogen) atoms. The van der Waals surface area contributed by atoms with Crippen LogP contribution in [0.2, 0.25) is 0 Å². The van der Waals surface area contributed by atoms with Gasteiger partial charge in [0.15, 0.2) is 5.65 Å². The van der Waals surface area contributed by atoms with Gasteiger partial charge in [0.05, 0.1) is 12.8 Å². The standard InChI is InChI=1S/C14H17BrN4O2/c1-2-21-14(20)11-7-10-13(19(11)6-5-15)16-8-12(18-10)17-9-3-4-9/h7-9H,2-6H2,1H3,(H,17,18). The number of fused-ring (bicyclic) bond motifs is 1. The first-order chi connectivity index (χ1) is 10.2. The highest BCUT2D eigenvalue weighted by Gasteiger charge is 2.22. The minimum Gasteiger partial charge on any atom is -0.461 e. The molecule has 112 valence electrons. The van der Waals surface area contributed by atoms with E-state index in [4.69, 9.17) is 4.74 Å². The minimum atomic E-state index is -0.338. The van der Waals surface area contributed by atoms with Gasteiger partial charge in [-0.05, 0) is 25.8 Å². The summed E-state index contributed by atoms with van der Waals surface area (Å²) in [6.07, 6.45) is 4.08. The fourth-order valence-electron chi connectivity index (χ4n) is 2.21. The molecule has 2 aromatic rings. The SMILES string of the molecule is CCOC(=O)c1cc2nc(NC3CC3)cnc2n1CCBr. The Balaban J connectivity index is 1.99. The van der Waals surface area contributed by atoms with Crippen LogP contribution in [0.1, 0.15) is 30.3 Å². The van der Waals surface area contributed by atoms with E-state index in [0.29, 0.717) is 36.1 Å². The minimum absolute atomic E-state index is 0.338. The van der Waals surface area contributed by atoms with Crippen molar-refractivity contribution in [2.75, 3.05) is 17.3 Å². The van der Waals surface area contributed by atoms with Gasteiger partial charge in [-0.2, -0.15) is 0 Å². The van der Waals surface area contributed by atoms with Crippen molar-refractivity contribution in [2.45, 2.75) is 32.4 Å². The summed E-state index contributed by atoms with van der Waals surface area (Å²) in [5.74, 6) is 0.423. The van der Waals surface area contributed by atoms with E-state index in [1.807, 2.05) is 4.57 Å². The maximum absolute atomic E-state index is 12.1. The molecule has 1 aliphatic carbocycles. The lowest BCUT2D eigenvalue weighted by atomic mass is 10.4. The highest BCUT2D eigenvalue weighted by molar-refractivity contribution is 9.09. The zero-order chi connectivity index (χ0) is 14.8. The number of nitrogens with zero attached hydrogens (tertiary/aromatic N) is 3. The van der Waals surface area contributed by atoms with Crippen molar-refractivity contribution in [1.82, 2.24) is 14.5 Å². The molecule has 2 heterocycles. The normalized spacial score (nSPS) is 14.4. The van der Waals surface area contributed by atoms with Crippen molar-refractivity contribution in [3.63, 3.8) is 0 Å². The van der Waals surface area contributed by atoms with Crippen LogP contribution in [0.3, 0.4) is 0 Å². The number of rotatable bonds is 6. The predicted molar refractivity (Wildman–Crippen MR) is 83.9 cm³/mol. The summed E-state index contributed by atoms with van der Waals surface area (Å²) < 4.78 is 6.95. The van der Waals surface area contributed by atoms with Crippen LogP contribution >= 0.6 is 15.9 Å². The maximum atomic E-state index is 12.1. The van der Waals surface area contributed by atoms with Crippen molar-refractivity contribution in [3.05, 3.63) is 18.0 Å². The smallest absolute Gasteiger partial charge is 0.355 e. The summed E-state index contributed by atoms with van der Waals surface area (Å²) in [5.41, 5.74) is 1.92. The van der Waals surface area contributed by atoms with Gasteiger partial charge in [-0.3, -0.25) is 0 Å². The van der Waals surface area contributed by atoms with Crippen LogP contribution in [0.25, 0.3) is 11.2 Å². The van der Waals surface area contributed by atoms with E-state index in [0.717, 1.165) is 11.1 Å². The van der Waals surface area contributed by atoms with Gasteiger partial charge >= 0.3 is 5.97 Å². The first kappa shape index (κ1) is 14.3. The lowest BCUT2D eigenvalue weighted by Crippen LogP contribution is -2.13. The van der Waals surface area contributed by atoms with Crippen LogP contribution in [-0.4, -0.2) is 38.5 Å². The van der Waals surface area contributed by atoms with Gasteiger partial charge in [-0.1, -0.05) is 15.9 Å². The zero-order valence-corrected chi connectivity index (χ0v) is 13.4. The molecule has 3 rings (SSSR count). The molecule has 0 atom stereocenters. The number of anilines is 1. The molecule has 6 nitrogen and oxygen atoms in total. The van der Waals surface area contributed by atoms with E-state index in [2.05, 4.69) is 31.2 Å². The summed E-state index contributed by atoms with van der Waals surface area (Å²) in [7, 11) is 0. The van der Waals surface area contributed by atoms with Crippen LogP contribution in [0.5, 0.6) is 0 Å². The van der Waals surface area contributed by atoms with E-state index < -0.39 is 0 Å². The second kappa shape index (κ2) is 6.01. The highest BCUT2D eigenvalue weighted by atomic mass is 79.9. The number of hydrogen-bond donors (Lipinski definition) is 1. The molecule has 2 aromatic heterocycles. The average molecular weight is 353 g/mol. The lowest BCUT2D eigenvalue weighted by Gasteiger charge is -2.07. The van der Waals surface area contributed by atoms with Crippen molar-refractivity contribution < 1.29 is 9.53 Å². The summed E-state index contributed by atoms with van der Waals surface area (Å²) in [4.78, 5) is 21.1. The second-order valence-electron chi connectivity index (χ2n) is 4.97. The Hall–Kier alpha value is -1.63. The summed E-state index contributed by atoms with van der Waals surface area (Å²) in [6.45, 7) is 2.79. The van der Waals surface area contributed by atoms with Gasteiger partial charge in [0.25, 0.3) is 0 Å². The third-order valence-electron chi connectivity index (χ3n) is 3.32. The number of halogens is 1. The Morgan fingerprint density at radius 3 is 3.05 bits per heavy atom. The maximum Gasteiger partial charge on any atom is 0.355 e. The number of esters is 1. The molecule has 0 saturated heterocycles. The second-order valence-corrected chi connectivity index (χ2v) is 5.77. The third kappa shape index (κ3) is 3.02. The largest absolute Gasteiger partial charge is 0.461 e. The highest BCUT2D eigenvalue weighted by Crippen LogP contribution is 2.25. The molecule has 1 N–H and O–H groups in total. The van der Waals surface area contributed by atoms with Crippen LogP contribution < -0.4 is 5.32 Å². The van der Waals surface area contributed by atoms with Crippen molar-refractivity contribution in [2.24, 2.45) is 0 Å². The molecule has 1 aliphatic rings. The van der Waals surface area contributed by atoms with E-state index >= 15 is 0 Å². The van der Waals surface area contributed by atoms with Crippen molar-refractivity contribution >= 4 is 38.9 Å². The van der Waals surface area contributed by atoms with Crippen LogP contribution in [-0.2, 0) is 11.3 Å².